The number of aromatic nitrogens is 1. The minimum absolute atomic E-state index is 0.0135. The largest absolute Gasteiger partial charge is 0.381 e. The fraction of sp³-hybridized carbons (Fsp3) is 0.542. The van der Waals surface area contributed by atoms with E-state index < -0.39 is 0 Å². The Morgan fingerprint density at radius 2 is 1.90 bits per heavy atom. The summed E-state index contributed by atoms with van der Waals surface area (Å²) in [6, 6.07) is 12.7. The van der Waals surface area contributed by atoms with Crippen LogP contribution in [0.4, 0.5) is 0 Å². The van der Waals surface area contributed by atoms with Crippen molar-refractivity contribution in [3.05, 3.63) is 58.9 Å². The summed E-state index contributed by atoms with van der Waals surface area (Å²) in [5.41, 5.74) is 4.13. The fourth-order valence-electron chi connectivity index (χ4n) is 4.69. The Balaban J connectivity index is 1.44. The van der Waals surface area contributed by atoms with Gasteiger partial charge in [-0.15, -0.1) is 0 Å². The number of nitrogens with one attached hydrogen (secondary N) is 1. The molecule has 2 saturated heterocycles. The molecule has 2 aliphatic heterocycles. The number of morpholine rings is 1. The summed E-state index contributed by atoms with van der Waals surface area (Å²) in [7, 11) is 0. The van der Waals surface area contributed by atoms with Crippen molar-refractivity contribution in [1.82, 2.24) is 14.8 Å². The molecule has 3 heterocycles. The molecule has 6 heteroatoms. The molecule has 1 amide bonds. The maximum Gasteiger partial charge on any atom is 0.253 e. The second-order valence-electron chi connectivity index (χ2n) is 8.41. The van der Waals surface area contributed by atoms with Gasteiger partial charge in [0.05, 0.1) is 25.4 Å². The summed E-state index contributed by atoms with van der Waals surface area (Å²) in [4.78, 5) is 15.5. The normalized spacial score (nSPS) is 20.9. The van der Waals surface area contributed by atoms with Gasteiger partial charge >= 0.3 is 0 Å². The van der Waals surface area contributed by atoms with Crippen LogP contribution in [0.3, 0.4) is 0 Å². The first-order valence-electron chi connectivity index (χ1n) is 11.0. The third-order valence-electron chi connectivity index (χ3n) is 6.50. The van der Waals surface area contributed by atoms with Crippen LogP contribution in [0.25, 0.3) is 0 Å². The van der Waals surface area contributed by atoms with Crippen molar-refractivity contribution in [1.29, 1.82) is 0 Å². The Kier molecular flexibility index (Phi) is 6.87. The molecule has 0 radical (unpaired) electrons. The summed E-state index contributed by atoms with van der Waals surface area (Å²) in [5.74, 6) is 0.480. The number of carbonyl (C=O) groups is 1. The first kappa shape index (κ1) is 21.1. The van der Waals surface area contributed by atoms with Gasteiger partial charge in [-0.1, -0.05) is 30.3 Å². The molecule has 1 N–H and O–H groups in total. The Bertz CT molecular complexity index is 837. The lowest BCUT2D eigenvalue weighted by molar-refractivity contribution is 0.00166. The van der Waals surface area contributed by atoms with E-state index in [1.807, 2.05) is 19.1 Å². The van der Waals surface area contributed by atoms with Crippen LogP contribution in [0.1, 0.15) is 33.7 Å². The van der Waals surface area contributed by atoms with Gasteiger partial charge in [0, 0.05) is 56.1 Å². The molecule has 0 bridgehead atoms. The molecule has 2 fully saturated rings. The molecule has 2 aromatic rings. The van der Waals surface area contributed by atoms with Crippen LogP contribution >= 0.6 is 0 Å². The van der Waals surface area contributed by atoms with Crippen molar-refractivity contribution in [3.8, 4) is 0 Å². The van der Waals surface area contributed by atoms with Crippen LogP contribution in [0.5, 0.6) is 0 Å². The topological polar surface area (TPSA) is 55.7 Å². The highest BCUT2D eigenvalue weighted by Crippen LogP contribution is 2.22. The van der Waals surface area contributed by atoms with Gasteiger partial charge in [0.25, 0.3) is 5.91 Å². The lowest BCUT2D eigenvalue weighted by atomic mass is 9.96. The highest BCUT2D eigenvalue weighted by molar-refractivity contribution is 5.95. The van der Waals surface area contributed by atoms with Gasteiger partial charge < -0.3 is 19.4 Å². The number of rotatable bonds is 7. The number of hydrogen-bond donors (Lipinski definition) is 1. The van der Waals surface area contributed by atoms with Crippen LogP contribution in [0.15, 0.2) is 36.4 Å². The predicted molar refractivity (Wildman–Crippen MR) is 117 cm³/mol. The molecule has 30 heavy (non-hydrogen) atoms. The molecule has 2 unspecified atom stereocenters. The number of carbonyl (C=O) groups excluding carboxylic acids is 1. The molecule has 2 aliphatic rings. The monoisotopic (exact) mass is 411 g/mol. The van der Waals surface area contributed by atoms with E-state index in [-0.39, 0.29) is 5.91 Å². The van der Waals surface area contributed by atoms with E-state index in [1.165, 1.54) is 5.56 Å². The Labute approximate surface area is 179 Å². The van der Waals surface area contributed by atoms with Gasteiger partial charge in [-0.2, -0.15) is 0 Å². The number of aryl methyl sites for hydroxylation is 1. The molecule has 0 spiro atoms. The van der Waals surface area contributed by atoms with Crippen LogP contribution < -0.4 is 5.32 Å². The number of amides is 1. The molecule has 0 saturated carbocycles. The average Bonchev–Trinajstić information content (AvgIpc) is 3.40. The zero-order chi connectivity index (χ0) is 20.9. The zero-order valence-corrected chi connectivity index (χ0v) is 18.1. The molecule has 0 aliphatic carbocycles. The molecular weight excluding hydrogens is 378 g/mol. The van der Waals surface area contributed by atoms with Crippen molar-refractivity contribution >= 4 is 5.91 Å². The minimum Gasteiger partial charge on any atom is -0.381 e. The van der Waals surface area contributed by atoms with Gasteiger partial charge in [0.2, 0.25) is 0 Å². The van der Waals surface area contributed by atoms with Gasteiger partial charge in [-0.05, 0) is 31.9 Å². The molecular formula is C24H33N3O3. The van der Waals surface area contributed by atoms with E-state index >= 15 is 0 Å². The van der Waals surface area contributed by atoms with Gasteiger partial charge in [-0.25, -0.2) is 0 Å². The van der Waals surface area contributed by atoms with Crippen molar-refractivity contribution in [3.63, 3.8) is 0 Å². The van der Waals surface area contributed by atoms with E-state index in [1.54, 1.807) is 0 Å². The van der Waals surface area contributed by atoms with Crippen LogP contribution in [0, 0.1) is 19.8 Å². The van der Waals surface area contributed by atoms with Crippen molar-refractivity contribution in [2.75, 3.05) is 46.1 Å². The third kappa shape index (κ3) is 4.77. The lowest BCUT2D eigenvalue weighted by Crippen LogP contribution is -2.52. The molecule has 1 aromatic carbocycles. The zero-order valence-electron chi connectivity index (χ0n) is 18.1. The van der Waals surface area contributed by atoms with Gasteiger partial charge in [0.1, 0.15) is 0 Å². The summed E-state index contributed by atoms with van der Waals surface area (Å²) < 4.78 is 13.4. The Morgan fingerprint density at radius 1 is 1.13 bits per heavy atom. The molecule has 162 valence electrons. The van der Waals surface area contributed by atoms with Gasteiger partial charge in [-0.3, -0.25) is 9.69 Å². The number of hydrogen-bond acceptors (Lipinski definition) is 4. The first-order valence-corrected chi connectivity index (χ1v) is 11.0. The second kappa shape index (κ2) is 9.77. The molecule has 4 rings (SSSR count). The third-order valence-corrected chi connectivity index (χ3v) is 6.50. The highest BCUT2D eigenvalue weighted by atomic mass is 16.5. The summed E-state index contributed by atoms with van der Waals surface area (Å²) in [6.07, 6.45) is 1.06. The number of ether oxygens (including phenoxy) is 2. The van der Waals surface area contributed by atoms with Crippen LogP contribution in [-0.4, -0.2) is 67.5 Å². The predicted octanol–water partition coefficient (Wildman–Crippen LogP) is 2.62. The summed E-state index contributed by atoms with van der Waals surface area (Å²) in [6.45, 7) is 10.5. The second-order valence-corrected chi connectivity index (χ2v) is 8.41. The van der Waals surface area contributed by atoms with Crippen LogP contribution in [0.2, 0.25) is 0 Å². The average molecular weight is 412 g/mol. The quantitative estimate of drug-likeness (QED) is 0.761. The van der Waals surface area contributed by atoms with E-state index in [4.69, 9.17) is 9.47 Å². The highest BCUT2D eigenvalue weighted by Gasteiger charge is 2.32. The van der Waals surface area contributed by atoms with Crippen molar-refractivity contribution < 1.29 is 14.3 Å². The first-order chi connectivity index (χ1) is 14.6. The van der Waals surface area contributed by atoms with E-state index in [2.05, 4.69) is 46.0 Å². The minimum atomic E-state index is 0.0135. The smallest absolute Gasteiger partial charge is 0.253 e. The Hall–Kier alpha value is -2.15. The van der Waals surface area contributed by atoms with E-state index in [0.29, 0.717) is 18.5 Å². The number of benzene rings is 1. The van der Waals surface area contributed by atoms with E-state index in [0.717, 1.165) is 69.4 Å². The van der Waals surface area contributed by atoms with E-state index in [9.17, 15) is 4.79 Å². The maximum atomic E-state index is 13.1. The SMILES string of the molecule is Cc1cc(C(=O)NCC(C2CCOC2)N2CCOCC2)c(C)n1Cc1ccccc1. The fourth-order valence-corrected chi connectivity index (χ4v) is 4.69. The summed E-state index contributed by atoms with van der Waals surface area (Å²) in [5, 5.41) is 3.23. The standard InChI is InChI=1S/C24H33N3O3/c1-18-14-22(19(2)27(18)16-20-6-4-3-5-7-20)24(28)25-15-23(21-8-11-30-17-21)26-9-12-29-13-10-26/h3-7,14,21,23H,8-13,15-17H2,1-2H3,(H,25,28). The molecule has 6 nitrogen and oxygen atoms in total. The van der Waals surface area contributed by atoms with Crippen LogP contribution in [-0.2, 0) is 16.0 Å². The summed E-state index contributed by atoms with van der Waals surface area (Å²) >= 11 is 0. The Morgan fingerprint density at radius 3 is 2.60 bits per heavy atom. The van der Waals surface area contributed by atoms with Gasteiger partial charge in [0.15, 0.2) is 0 Å². The molecule has 1 aromatic heterocycles. The number of nitrogens with zero attached hydrogens (tertiary/aromatic N) is 2. The van der Waals surface area contributed by atoms with Crippen molar-refractivity contribution in [2.45, 2.75) is 32.9 Å². The maximum absolute atomic E-state index is 13.1. The van der Waals surface area contributed by atoms with Crippen molar-refractivity contribution in [2.24, 2.45) is 5.92 Å². The molecule has 2 atom stereocenters. The lowest BCUT2D eigenvalue weighted by Gasteiger charge is -2.37.